The summed E-state index contributed by atoms with van der Waals surface area (Å²) in [7, 11) is 4.85. The van der Waals surface area contributed by atoms with E-state index in [9.17, 15) is 26.3 Å². The van der Waals surface area contributed by atoms with E-state index in [2.05, 4.69) is 51.4 Å². The molecule has 62 heavy (non-hydrogen) atoms. The van der Waals surface area contributed by atoms with Crippen LogP contribution in [0.1, 0.15) is 136 Å². The van der Waals surface area contributed by atoms with Crippen molar-refractivity contribution in [2.45, 2.75) is 140 Å². The molecule has 0 N–H and O–H groups in total. The van der Waals surface area contributed by atoms with E-state index in [0.717, 1.165) is 68.4 Å². The van der Waals surface area contributed by atoms with Crippen LogP contribution in [-0.4, -0.2) is 74.7 Å². The van der Waals surface area contributed by atoms with Gasteiger partial charge in [-0.2, -0.15) is 26.3 Å². The van der Waals surface area contributed by atoms with Gasteiger partial charge in [0.2, 0.25) is 5.41 Å². The van der Waals surface area contributed by atoms with E-state index in [0.29, 0.717) is 11.1 Å². The quantitative estimate of drug-likeness (QED) is 0.0564. The van der Waals surface area contributed by atoms with Crippen molar-refractivity contribution in [3.8, 4) is 22.3 Å². The third kappa shape index (κ3) is 9.58. The van der Waals surface area contributed by atoms with Gasteiger partial charge >= 0.3 is 12.4 Å². The number of nitrogens with zero attached hydrogens (tertiary/aromatic N) is 2. The summed E-state index contributed by atoms with van der Waals surface area (Å²) in [4.78, 5) is 0. The lowest BCUT2D eigenvalue weighted by atomic mass is 9.70. The van der Waals surface area contributed by atoms with E-state index < -0.39 is 28.9 Å². The van der Waals surface area contributed by atoms with Gasteiger partial charge in [-0.15, -0.1) is 0 Å². The van der Waals surface area contributed by atoms with Crippen molar-refractivity contribution in [3.05, 3.63) is 118 Å². The van der Waals surface area contributed by atoms with Crippen LogP contribution in [0.4, 0.5) is 26.3 Å². The molecule has 0 bridgehead atoms. The van der Waals surface area contributed by atoms with E-state index >= 15 is 0 Å². The zero-order chi connectivity index (χ0) is 44.2. The van der Waals surface area contributed by atoms with Crippen LogP contribution in [0, 0.1) is 13.8 Å². The Bertz CT molecular complexity index is 2040. The summed E-state index contributed by atoms with van der Waals surface area (Å²) >= 11 is 0. The molecule has 3 aliphatic rings. The van der Waals surface area contributed by atoms with Gasteiger partial charge in [-0.3, -0.25) is 0 Å². The predicted molar refractivity (Wildman–Crippen MR) is 242 cm³/mol. The average Bonchev–Trinajstić information content (AvgIpc) is 3.49. The Balaban J connectivity index is 1.18. The topological polar surface area (TPSA) is 0 Å². The van der Waals surface area contributed by atoms with Crippen LogP contribution in [0.5, 0.6) is 0 Å². The second kappa shape index (κ2) is 18.8. The normalized spacial score (nSPS) is 18.4. The van der Waals surface area contributed by atoms with E-state index in [4.69, 9.17) is 0 Å². The fraction of sp³-hybridized carbons (Fsp3) is 0.556. The molecule has 0 aromatic heterocycles. The van der Waals surface area contributed by atoms with Gasteiger partial charge in [0.05, 0.1) is 53.4 Å². The number of fused-ring (bicyclic) bond motifs is 3. The Morgan fingerprint density at radius 3 is 1.34 bits per heavy atom. The summed E-state index contributed by atoms with van der Waals surface area (Å²) in [6.07, 6.45) is 8.22. The Morgan fingerprint density at radius 1 is 0.452 bits per heavy atom. The minimum absolute atomic E-state index is 0.226. The molecule has 2 fully saturated rings. The molecule has 336 valence electrons. The highest BCUT2D eigenvalue weighted by Gasteiger charge is 2.72. The molecule has 4 aromatic carbocycles. The van der Waals surface area contributed by atoms with Gasteiger partial charge in [-0.05, 0) is 141 Å². The zero-order valence-electron chi connectivity index (χ0n) is 37.8. The summed E-state index contributed by atoms with van der Waals surface area (Å²) in [5, 5.41) is 0. The molecule has 1 aliphatic carbocycles. The summed E-state index contributed by atoms with van der Waals surface area (Å²) in [6.45, 7) is 11.4. The highest BCUT2D eigenvalue weighted by atomic mass is 19.4. The number of halogens is 6. The maximum Gasteiger partial charge on any atom is 0.411 e. The standard InChI is InChI=1S/C54H70F6N2/c1-41-19-25-45(26-20-41)52(53(55,56)57,54(58,59)60)46-27-22-43(23-28-46)44-24-30-48-47-29-21-42(2)39-49(47)51(50(48)40-44,31-11-5-7-13-33-61(3)35-15-9-16-36-61)32-12-6-8-14-34-62(4)37-17-10-18-38-62/h19-30,39-40H,5-18,31-38H2,1-4H3/q+2. The largest absolute Gasteiger partial charge is 0.411 e. The van der Waals surface area contributed by atoms with Crippen LogP contribution in [-0.2, 0) is 10.8 Å². The maximum atomic E-state index is 15.0. The first-order valence-corrected chi connectivity index (χ1v) is 23.8. The SMILES string of the molecule is Cc1ccc(C(c2ccc(-c3ccc4c(c3)C(CCCCCC[N+]3(C)CCCCC3)(CCCCCC[N+]3(C)CCCCC3)c3cc(C)ccc3-4)cc2)(C(F)(F)F)C(F)(F)F)cc1. The number of likely N-dealkylation sites (tertiary alicyclic amines) is 2. The first-order valence-electron chi connectivity index (χ1n) is 23.8. The number of hydrogen-bond acceptors (Lipinski definition) is 0. The Labute approximate surface area is 367 Å². The van der Waals surface area contributed by atoms with Crippen molar-refractivity contribution in [2.75, 3.05) is 53.4 Å². The van der Waals surface area contributed by atoms with E-state index in [-0.39, 0.29) is 5.41 Å². The zero-order valence-corrected chi connectivity index (χ0v) is 37.8. The summed E-state index contributed by atoms with van der Waals surface area (Å²) in [5.41, 5.74) is 2.20. The molecule has 2 saturated heterocycles. The molecule has 0 spiro atoms. The molecule has 7 rings (SSSR count). The molecule has 2 heterocycles. The minimum Gasteiger partial charge on any atom is -0.326 e. The lowest BCUT2D eigenvalue weighted by molar-refractivity contribution is -0.914. The monoisotopic (exact) mass is 861 g/mol. The van der Waals surface area contributed by atoms with Gasteiger partial charge in [0.25, 0.3) is 0 Å². The van der Waals surface area contributed by atoms with Gasteiger partial charge in [0.15, 0.2) is 0 Å². The molecule has 0 radical (unpaired) electrons. The fourth-order valence-corrected chi connectivity index (χ4v) is 11.7. The van der Waals surface area contributed by atoms with E-state index in [1.54, 1.807) is 6.92 Å². The van der Waals surface area contributed by atoms with Crippen LogP contribution in [0.2, 0.25) is 0 Å². The van der Waals surface area contributed by atoms with Crippen LogP contribution < -0.4 is 0 Å². The van der Waals surface area contributed by atoms with Crippen molar-refractivity contribution < 1.29 is 35.3 Å². The summed E-state index contributed by atoms with van der Waals surface area (Å²) in [6, 6.07) is 22.6. The van der Waals surface area contributed by atoms with Crippen LogP contribution >= 0.6 is 0 Å². The lowest BCUT2D eigenvalue weighted by Crippen LogP contribution is -2.54. The van der Waals surface area contributed by atoms with Crippen molar-refractivity contribution in [1.29, 1.82) is 0 Å². The fourth-order valence-electron chi connectivity index (χ4n) is 11.7. The molecule has 8 heteroatoms. The first kappa shape index (κ1) is 46.4. The number of rotatable bonds is 17. The number of aryl methyl sites for hydroxylation is 2. The van der Waals surface area contributed by atoms with Crippen molar-refractivity contribution in [1.82, 2.24) is 0 Å². The smallest absolute Gasteiger partial charge is 0.326 e. The van der Waals surface area contributed by atoms with E-state index in [1.165, 1.54) is 165 Å². The molecule has 0 atom stereocenters. The summed E-state index contributed by atoms with van der Waals surface area (Å²) in [5.74, 6) is 0. The van der Waals surface area contributed by atoms with E-state index in [1.807, 2.05) is 6.07 Å². The average molecular weight is 861 g/mol. The van der Waals surface area contributed by atoms with Crippen molar-refractivity contribution >= 4 is 0 Å². The molecule has 0 amide bonds. The molecule has 0 saturated carbocycles. The Kier molecular flexibility index (Phi) is 14.1. The van der Waals surface area contributed by atoms with Crippen LogP contribution in [0.25, 0.3) is 22.3 Å². The van der Waals surface area contributed by atoms with Crippen LogP contribution in [0.3, 0.4) is 0 Å². The van der Waals surface area contributed by atoms with Gasteiger partial charge in [-0.1, -0.05) is 116 Å². The maximum absolute atomic E-state index is 15.0. The highest BCUT2D eigenvalue weighted by molar-refractivity contribution is 5.84. The summed E-state index contributed by atoms with van der Waals surface area (Å²) < 4.78 is 92.3. The number of quaternary nitrogens is 2. The third-order valence-electron chi connectivity index (χ3n) is 15.4. The molecule has 4 aromatic rings. The Hall–Kier alpha value is -3.62. The molecular weight excluding hydrogens is 791 g/mol. The lowest BCUT2D eigenvalue weighted by Gasteiger charge is -2.38. The molecule has 2 aliphatic heterocycles. The molecular formula is C54H70F6N2+2. The Morgan fingerprint density at radius 2 is 0.855 bits per heavy atom. The molecule has 2 nitrogen and oxygen atoms in total. The second-order valence-corrected chi connectivity index (χ2v) is 20.1. The highest BCUT2D eigenvalue weighted by Crippen LogP contribution is 2.57. The van der Waals surface area contributed by atoms with Crippen molar-refractivity contribution in [3.63, 3.8) is 0 Å². The second-order valence-electron chi connectivity index (χ2n) is 20.1. The van der Waals surface area contributed by atoms with Gasteiger partial charge in [0, 0.05) is 5.41 Å². The van der Waals surface area contributed by atoms with Crippen molar-refractivity contribution in [2.24, 2.45) is 0 Å². The number of benzene rings is 4. The van der Waals surface area contributed by atoms with Gasteiger partial charge < -0.3 is 8.97 Å². The van der Waals surface area contributed by atoms with Crippen LogP contribution in [0.15, 0.2) is 84.9 Å². The molecule has 0 unspecified atom stereocenters. The number of piperidine rings is 2. The first-order chi connectivity index (χ1) is 29.5. The number of unbranched alkanes of at least 4 members (excludes halogenated alkanes) is 6. The predicted octanol–water partition coefficient (Wildman–Crippen LogP) is 14.8. The van der Waals surface area contributed by atoms with Gasteiger partial charge in [0.1, 0.15) is 0 Å². The van der Waals surface area contributed by atoms with Gasteiger partial charge in [-0.25, -0.2) is 0 Å². The third-order valence-corrected chi connectivity index (χ3v) is 15.4. The minimum atomic E-state index is -5.63. The number of hydrogen-bond donors (Lipinski definition) is 0. The number of alkyl halides is 6.